The Bertz CT molecular complexity index is 662. The second-order valence-corrected chi connectivity index (χ2v) is 5.56. The fourth-order valence-electron chi connectivity index (χ4n) is 2.41. The lowest BCUT2D eigenvalue weighted by Gasteiger charge is -2.18. The SMILES string of the molecule is CC[C@H](Oc1cc(C)cc(C)c1)C(=O)Nc1cccc(OC)c1. The van der Waals surface area contributed by atoms with Crippen LogP contribution in [0.25, 0.3) is 0 Å². The summed E-state index contributed by atoms with van der Waals surface area (Å²) in [7, 11) is 1.60. The van der Waals surface area contributed by atoms with Crippen LogP contribution in [0.15, 0.2) is 42.5 Å². The first-order valence-electron chi connectivity index (χ1n) is 7.71. The highest BCUT2D eigenvalue weighted by atomic mass is 16.5. The molecule has 0 aliphatic carbocycles. The van der Waals surface area contributed by atoms with Gasteiger partial charge in [0.1, 0.15) is 11.5 Å². The van der Waals surface area contributed by atoms with Gasteiger partial charge in [0, 0.05) is 11.8 Å². The van der Waals surface area contributed by atoms with E-state index in [0.717, 1.165) is 16.9 Å². The van der Waals surface area contributed by atoms with Crippen molar-refractivity contribution in [2.24, 2.45) is 0 Å². The first-order valence-corrected chi connectivity index (χ1v) is 7.71. The molecule has 1 atom stereocenters. The van der Waals surface area contributed by atoms with Crippen molar-refractivity contribution >= 4 is 11.6 Å². The first-order chi connectivity index (χ1) is 11.0. The molecule has 0 saturated heterocycles. The van der Waals surface area contributed by atoms with Gasteiger partial charge >= 0.3 is 0 Å². The van der Waals surface area contributed by atoms with Crippen molar-refractivity contribution in [1.82, 2.24) is 0 Å². The molecule has 0 unspecified atom stereocenters. The van der Waals surface area contributed by atoms with Crippen LogP contribution in [0.4, 0.5) is 5.69 Å². The van der Waals surface area contributed by atoms with Crippen molar-refractivity contribution in [3.63, 3.8) is 0 Å². The van der Waals surface area contributed by atoms with Crippen LogP contribution in [-0.2, 0) is 4.79 Å². The zero-order chi connectivity index (χ0) is 16.8. The number of aryl methyl sites for hydroxylation is 2. The van der Waals surface area contributed by atoms with E-state index in [2.05, 4.69) is 11.4 Å². The molecule has 0 fully saturated rings. The molecule has 0 spiro atoms. The monoisotopic (exact) mass is 313 g/mol. The molecule has 23 heavy (non-hydrogen) atoms. The number of methoxy groups -OCH3 is 1. The highest BCUT2D eigenvalue weighted by Crippen LogP contribution is 2.20. The summed E-state index contributed by atoms with van der Waals surface area (Å²) in [5, 5.41) is 2.87. The van der Waals surface area contributed by atoms with Crippen molar-refractivity contribution in [2.75, 3.05) is 12.4 Å². The van der Waals surface area contributed by atoms with E-state index in [0.29, 0.717) is 17.9 Å². The topological polar surface area (TPSA) is 47.6 Å². The van der Waals surface area contributed by atoms with Gasteiger partial charge in [-0.3, -0.25) is 4.79 Å². The average molecular weight is 313 g/mol. The summed E-state index contributed by atoms with van der Waals surface area (Å²) in [5.74, 6) is 1.25. The Hall–Kier alpha value is -2.49. The van der Waals surface area contributed by atoms with E-state index >= 15 is 0 Å². The van der Waals surface area contributed by atoms with E-state index < -0.39 is 6.10 Å². The Balaban J connectivity index is 2.08. The van der Waals surface area contributed by atoms with Crippen LogP contribution in [0, 0.1) is 13.8 Å². The summed E-state index contributed by atoms with van der Waals surface area (Å²) in [5.41, 5.74) is 2.92. The molecule has 2 aromatic rings. The van der Waals surface area contributed by atoms with E-state index in [9.17, 15) is 4.79 Å². The minimum atomic E-state index is -0.539. The number of rotatable bonds is 6. The van der Waals surface area contributed by atoms with Crippen LogP contribution < -0.4 is 14.8 Å². The van der Waals surface area contributed by atoms with Crippen molar-refractivity contribution in [2.45, 2.75) is 33.3 Å². The van der Waals surface area contributed by atoms with Crippen molar-refractivity contribution < 1.29 is 14.3 Å². The number of nitrogens with one attached hydrogen (secondary N) is 1. The molecule has 4 nitrogen and oxygen atoms in total. The second kappa shape index (κ2) is 7.68. The van der Waals surface area contributed by atoms with E-state index in [4.69, 9.17) is 9.47 Å². The highest BCUT2D eigenvalue weighted by Gasteiger charge is 2.19. The summed E-state index contributed by atoms with van der Waals surface area (Å²) in [6.45, 7) is 5.95. The zero-order valence-corrected chi connectivity index (χ0v) is 14.1. The van der Waals surface area contributed by atoms with Crippen LogP contribution >= 0.6 is 0 Å². The van der Waals surface area contributed by atoms with Crippen LogP contribution in [0.1, 0.15) is 24.5 Å². The molecule has 4 heteroatoms. The van der Waals surface area contributed by atoms with E-state index in [1.54, 1.807) is 13.2 Å². The summed E-state index contributed by atoms with van der Waals surface area (Å²) in [6.07, 6.45) is 0.0467. The Kier molecular flexibility index (Phi) is 5.63. The lowest BCUT2D eigenvalue weighted by Crippen LogP contribution is -2.32. The molecule has 0 radical (unpaired) electrons. The number of anilines is 1. The Morgan fingerprint density at radius 3 is 2.39 bits per heavy atom. The minimum absolute atomic E-state index is 0.167. The molecule has 0 aromatic heterocycles. The molecule has 122 valence electrons. The van der Waals surface area contributed by atoms with Crippen LogP contribution in [0.2, 0.25) is 0 Å². The smallest absolute Gasteiger partial charge is 0.265 e. The van der Waals surface area contributed by atoms with Gasteiger partial charge in [-0.1, -0.05) is 19.1 Å². The largest absolute Gasteiger partial charge is 0.497 e. The van der Waals surface area contributed by atoms with Crippen LogP contribution in [0.5, 0.6) is 11.5 Å². The molecule has 2 aromatic carbocycles. The number of hydrogen-bond donors (Lipinski definition) is 1. The average Bonchev–Trinajstić information content (AvgIpc) is 2.51. The van der Waals surface area contributed by atoms with Gasteiger partial charge in [-0.25, -0.2) is 0 Å². The second-order valence-electron chi connectivity index (χ2n) is 5.56. The summed E-state index contributed by atoms with van der Waals surface area (Å²) < 4.78 is 11.0. The lowest BCUT2D eigenvalue weighted by molar-refractivity contribution is -0.122. The molecular formula is C19H23NO3. The molecule has 0 heterocycles. The molecule has 0 bridgehead atoms. The van der Waals surface area contributed by atoms with Crippen molar-refractivity contribution in [3.8, 4) is 11.5 Å². The fraction of sp³-hybridized carbons (Fsp3) is 0.316. The van der Waals surface area contributed by atoms with Crippen LogP contribution in [0.3, 0.4) is 0 Å². The predicted molar refractivity (Wildman–Crippen MR) is 92.2 cm³/mol. The molecule has 0 aliphatic rings. The number of hydrogen-bond acceptors (Lipinski definition) is 3. The van der Waals surface area contributed by atoms with Crippen molar-refractivity contribution in [1.29, 1.82) is 0 Å². The van der Waals surface area contributed by atoms with Gasteiger partial charge in [-0.15, -0.1) is 0 Å². The van der Waals surface area contributed by atoms with Crippen molar-refractivity contribution in [3.05, 3.63) is 53.6 Å². The van der Waals surface area contributed by atoms with E-state index in [-0.39, 0.29) is 5.91 Å². The van der Waals surface area contributed by atoms with Gasteiger partial charge in [-0.05, 0) is 55.7 Å². The standard InChI is InChI=1S/C19H23NO3/c1-5-18(23-17-10-13(2)9-14(3)11-17)19(21)20-15-7-6-8-16(12-15)22-4/h6-12,18H,5H2,1-4H3,(H,20,21)/t18-/m0/s1. The maximum atomic E-state index is 12.4. The third-order valence-corrected chi connectivity index (χ3v) is 3.47. The highest BCUT2D eigenvalue weighted by molar-refractivity contribution is 5.94. The normalized spacial score (nSPS) is 11.7. The van der Waals surface area contributed by atoms with Gasteiger partial charge in [0.15, 0.2) is 6.10 Å². The molecule has 0 saturated carbocycles. The Morgan fingerprint density at radius 2 is 1.78 bits per heavy atom. The number of amides is 1. The van der Waals surface area contributed by atoms with Gasteiger partial charge in [0.25, 0.3) is 5.91 Å². The summed E-state index contributed by atoms with van der Waals surface area (Å²) in [4.78, 5) is 12.4. The zero-order valence-electron chi connectivity index (χ0n) is 14.1. The van der Waals surface area contributed by atoms with Gasteiger partial charge in [0.2, 0.25) is 0 Å². The number of carbonyl (C=O) groups is 1. The van der Waals surface area contributed by atoms with Gasteiger partial charge < -0.3 is 14.8 Å². The molecule has 1 amide bonds. The summed E-state index contributed by atoms with van der Waals surface area (Å²) >= 11 is 0. The Labute approximate surface area is 137 Å². The Morgan fingerprint density at radius 1 is 1.09 bits per heavy atom. The van der Waals surface area contributed by atoms with E-state index in [1.807, 2.05) is 51.1 Å². The first kappa shape index (κ1) is 16.9. The molecule has 0 aliphatic heterocycles. The molecular weight excluding hydrogens is 290 g/mol. The molecule has 2 rings (SSSR count). The van der Waals surface area contributed by atoms with Crippen LogP contribution in [-0.4, -0.2) is 19.1 Å². The molecule has 1 N–H and O–H groups in total. The fourth-order valence-corrected chi connectivity index (χ4v) is 2.41. The summed E-state index contributed by atoms with van der Waals surface area (Å²) in [6, 6.07) is 13.2. The number of carbonyl (C=O) groups excluding carboxylic acids is 1. The number of benzene rings is 2. The van der Waals surface area contributed by atoms with Gasteiger partial charge in [-0.2, -0.15) is 0 Å². The maximum absolute atomic E-state index is 12.4. The minimum Gasteiger partial charge on any atom is -0.497 e. The quantitative estimate of drug-likeness (QED) is 0.873. The van der Waals surface area contributed by atoms with E-state index in [1.165, 1.54) is 0 Å². The maximum Gasteiger partial charge on any atom is 0.265 e. The number of ether oxygens (including phenoxy) is 2. The predicted octanol–water partition coefficient (Wildman–Crippen LogP) is 4.11. The lowest BCUT2D eigenvalue weighted by atomic mass is 10.1. The third kappa shape index (κ3) is 4.74. The third-order valence-electron chi connectivity index (χ3n) is 3.47. The van der Waals surface area contributed by atoms with Gasteiger partial charge in [0.05, 0.1) is 7.11 Å².